The molecular formula is C26H30FN5O3. The standard InChI is InChI=1S/C26H30FN5O3/c1-17(2)34-26(33)31-12-8-19(9-13-31)35-25-20-10-14-32(24(20)28-16-29-25)23-7-6-18(15-21(23)27)22-5-4-11-30(22)3/h4-7,11,15-17,19H,8-10,12-14H2,1-3H3. The Morgan fingerprint density at radius 2 is 1.94 bits per heavy atom. The highest BCUT2D eigenvalue weighted by atomic mass is 19.1. The van der Waals surface area contributed by atoms with E-state index < -0.39 is 0 Å². The molecule has 0 bridgehead atoms. The molecule has 2 aromatic heterocycles. The second-order valence-electron chi connectivity index (χ2n) is 9.29. The largest absolute Gasteiger partial charge is 0.474 e. The number of likely N-dealkylation sites (tertiary alicyclic amines) is 1. The zero-order valence-electron chi connectivity index (χ0n) is 20.3. The van der Waals surface area contributed by atoms with Gasteiger partial charge in [0.05, 0.1) is 17.4 Å². The monoisotopic (exact) mass is 479 g/mol. The summed E-state index contributed by atoms with van der Waals surface area (Å²) in [5.41, 5.74) is 3.16. The number of nitrogens with zero attached hydrogens (tertiary/aromatic N) is 5. The number of aromatic nitrogens is 3. The van der Waals surface area contributed by atoms with Crippen molar-refractivity contribution >= 4 is 17.6 Å². The van der Waals surface area contributed by atoms with E-state index in [2.05, 4.69) is 9.97 Å². The van der Waals surface area contributed by atoms with E-state index in [0.717, 1.165) is 16.8 Å². The fourth-order valence-electron chi connectivity index (χ4n) is 4.74. The molecule has 1 amide bonds. The highest BCUT2D eigenvalue weighted by Crippen LogP contribution is 2.39. The minimum Gasteiger partial charge on any atom is -0.474 e. The third kappa shape index (κ3) is 4.67. The number of anilines is 2. The number of amides is 1. The number of benzene rings is 1. The van der Waals surface area contributed by atoms with Gasteiger partial charge in [-0.05, 0) is 44.5 Å². The SMILES string of the molecule is CC(C)OC(=O)N1CCC(Oc2ncnc3c2CCN3c2ccc(-c3cccn3C)cc2F)CC1. The van der Waals surface area contributed by atoms with Crippen LogP contribution in [0.1, 0.15) is 32.3 Å². The first-order valence-electron chi connectivity index (χ1n) is 12.1. The van der Waals surface area contributed by atoms with E-state index in [-0.39, 0.29) is 24.1 Å². The maximum absolute atomic E-state index is 15.2. The van der Waals surface area contributed by atoms with Crippen molar-refractivity contribution < 1.29 is 18.7 Å². The molecule has 0 aliphatic carbocycles. The maximum atomic E-state index is 15.2. The fourth-order valence-corrected chi connectivity index (χ4v) is 4.74. The molecule has 0 radical (unpaired) electrons. The molecule has 9 heteroatoms. The van der Waals surface area contributed by atoms with Crippen LogP contribution in [0.4, 0.5) is 20.7 Å². The summed E-state index contributed by atoms with van der Waals surface area (Å²) >= 11 is 0. The third-order valence-corrected chi connectivity index (χ3v) is 6.52. The molecule has 8 nitrogen and oxygen atoms in total. The lowest BCUT2D eigenvalue weighted by Gasteiger charge is -2.32. The van der Waals surface area contributed by atoms with Crippen LogP contribution in [-0.2, 0) is 18.2 Å². The highest BCUT2D eigenvalue weighted by molar-refractivity contribution is 5.72. The predicted octanol–water partition coefficient (Wildman–Crippen LogP) is 4.70. The summed E-state index contributed by atoms with van der Waals surface area (Å²) in [4.78, 5) is 24.6. The first kappa shape index (κ1) is 23.1. The van der Waals surface area contributed by atoms with Gasteiger partial charge in [0.25, 0.3) is 0 Å². The van der Waals surface area contributed by atoms with Crippen LogP contribution in [0.25, 0.3) is 11.3 Å². The summed E-state index contributed by atoms with van der Waals surface area (Å²) in [6.07, 6.45) is 5.02. The van der Waals surface area contributed by atoms with Crippen molar-refractivity contribution in [2.75, 3.05) is 24.5 Å². The van der Waals surface area contributed by atoms with Crippen LogP contribution < -0.4 is 9.64 Å². The van der Waals surface area contributed by atoms with Crippen molar-refractivity contribution in [3.63, 3.8) is 0 Å². The molecule has 1 saturated heterocycles. The lowest BCUT2D eigenvalue weighted by molar-refractivity contribution is 0.0505. The van der Waals surface area contributed by atoms with E-state index in [0.29, 0.717) is 56.3 Å². The Labute approximate surface area is 204 Å². The van der Waals surface area contributed by atoms with E-state index in [1.807, 2.05) is 54.8 Å². The van der Waals surface area contributed by atoms with Gasteiger partial charge < -0.3 is 23.8 Å². The number of halogens is 1. The smallest absolute Gasteiger partial charge is 0.410 e. The van der Waals surface area contributed by atoms with Crippen molar-refractivity contribution in [1.29, 1.82) is 0 Å². The Balaban J connectivity index is 1.29. The zero-order chi connectivity index (χ0) is 24.5. The Morgan fingerprint density at radius 3 is 2.63 bits per heavy atom. The van der Waals surface area contributed by atoms with Gasteiger partial charge in [-0.3, -0.25) is 0 Å². The van der Waals surface area contributed by atoms with Crippen LogP contribution in [0.3, 0.4) is 0 Å². The molecule has 0 spiro atoms. The van der Waals surface area contributed by atoms with Crippen molar-refractivity contribution in [3.8, 4) is 17.1 Å². The molecule has 4 heterocycles. The average molecular weight is 480 g/mol. The van der Waals surface area contributed by atoms with Gasteiger partial charge in [0.2, 0.25) is 5.88 Å². The van der Waals surface area contributed by atoms with Crippen LogP contribution in [-0.4, -0.2) is 57.4 Å². The molecule has 3 aromatic rings. The van der Waals surface area contributed by atoms with Gasteiger partial charge in [-0.2, -0.15) is 0 Å². The van der Waals surface area contributed by atoms with E-state index >= 15 is 4.39 Å². The first-order chi connectivity index (χ1) is 16.9. The molecule has 5 rings (SSSR count). The number of aryl methyl sites for hydroxylation is 1. The molecule has 0 N–H and O–H groups in total. The van der Waals surface area contributed by atoms with Crippen molar-refractivity contribution in [2.45, 2.75) is 45.3 Å². The molecular weight excluding hydrogens is 449 g/mol. The minimum absolute atomic E-state index is 0.0487. The molecule has 1 aromatic carbocycles. The van der Waals surface area contributed by atoms with Crippen molar-refractivity contribution in [3.05, 3.63) is 54.2 Å². The van der Waals surface area contributed by atoms with Crippen LogP contribution in [0.5, 0.6) is 5.88 Å². The second kappa shape index (κ2) is 9.56. The molecule has 35 heavy (non-hydrogen) atoms. The third-order valence-electron chi connectivity index (χ3n) is 6.52. The van der Waals surface area contributed by atoms with Gasteiger partial charge in [0.15, 0.2) is 0 Å². The lowest BCUT2D eigenvalue weighted by Crippen LogP contribution is -2.42. The number of hydrogen-bond donors (Lipinski definition) is 0. The first-order valence-corrected chi connectivity index (χ1v) is 12.1. The van der Waals surface area contributed by atoms with E-state index in [1.54, 1.807) is 17.0 Å². The van der Waals surface area contributed by atoms with Gasteiger partial charge in [0.1, 0.15) is 24.1 Å². The summed E-state index contributed by atoms with van der Waals surface area (Å²) < 4.78 is 28.7. The summed E-state index contributed by atoms with van der Waals surface area (Å²) in [5, 5.41) is 0. The molecule has 184 valence electrons. The Morgan fingerprint density at radius 1 is 1.14 bits per heavy atom. The van der Waals surface area contributed by atoms with Crippen molar-refractivity contribution in [2.24, 2.45) is 7.05 Å². The zero-order valence-corrected chi connectivity index (χ0v) is 20.3. The minimum atomic E-state index is -0.293. The molecule has 0 atom stereocenters. The quantitative estimate of drug-likeness (QED) is 0.528. The molecule has 2 aliphatic rings. The predicted molar refractivity (Wildman–Crippen MR) is 130 cm³/mol. The Hall–Kier alpha value is -3.62. The normalized spacial score (nSPS) is 16.0. The van der Waals surface area contributed by atoms with Gasteiger partial charge in [0, 0.05) is 57.0 Å². The number of rotatable bonds is 5. The summed E-state index contributed by atoms with van der Waals surface area (Å²) in [7, 11) is 1.94. The molecule has 0 saturated carbocycles. The molecule has 1 fully saturated rings. The lowest BCUT2D eigenvalue weighted by atomic mass is 10.1. The van der Waals surface area contributed by atoms with Crippen LogP contribution in [0.2, 0.25) is 0 Å². The van der Waals surface area contributed by atoms with Crippen LogP contribution >= 0.6 is 0 Å². The van der Waals surface area contributed by atoms with Gasteiger partial charge in [-0.1, -0.05) is 6.07 Å². The number of hydrogen-bond acceptors (Lipinski definition) is 6. The summed E-state index contributed by atoms with van der Waals surface area (Å²) in [5.74, 6) is 0.929. The summed E-state index contributed by atoms with van der Waals surface area (Å²) in [6.45, 7) is 5.44. The average Bonchev–Trinajstić information content (AvgIpc) is 3.46. The van der Waals surface area contributed by atoms with E-state index in [1.165, 1.54) is 6.33 Å². The molecule has 2 aliphatic heterocycles. The number of carbonyl (C=O) groups is 1. The fraction of sp³-hybridized carbons (Fsp3) is 0.423. The Kier molecular flexibility index (Phi) is 6.32. The van der Waals surface area contributed by atoms with E-state index in [4.69, 9.17) is 9.47 Å². The number of piperidine rings is 1. The maximum Gasteiger partial charge on any atom is 0.410 e. The number of ether oxygens (including phenoxy) is 2. The highest BCUT2D eigenvalue weighted by Gasteiger charge is 2.31. The topological polar surface area (TPSA) is 72.7 Å². The van der Waals surface area contributed by atoms with Crippen LogP contribution in [0.15, 0.2) is 42.9 Å². The van der Waals surface area contributed by atoms with Gasteiger partial charge in [-0.25, -0.2) is 19.2 Å². The number of carbonyl (C=O) groups excluding carboxylic acids is 1. The van der Waals surface area contributed by atoms with Crippen LogP contribution in [0, 0.1) is 5.82 Å². The second-order valence-corrected chi connectivity index (χ2v) is 9.29. The number of fused-ring (bicyclic) bond motifs is 1. The Bertz CT molecular complexity index is 1220. The summed E-state index contributed by atoms with van der Waals surface area (Å²) in [6, 6.07) is 9.22. The van der Waals surface area contributed by atoms with Gasteiger partial charge in [-0.15, -0.1) is 0 Å². The van der Waals surface area contributed by atoms with E-state index in [9.17, 15) is 4.79 Å². The van der Waals surface area contributed by atoms with Gasteiger partial charge >= 0.3 is 6.09 Å². The molecule has 0 unspecified atom stereocenters. The van der Waals surface area contributed by atoms with Crippen molar-refractivity contribution in [1.82, 2.24) is 19.4 Å².